The summed E-state index contributed by atoms with van der Waals surface area (Å²) in [5.41, 5.74) is 0.888. The number of oxazole rings is 1. The van der Waals surface area contributed by atoms with E-state index in [1.807, 2.05) is 0 Å². The van der Waals surface area contributed by atoms with Gasteiger partial charge in [0.1, 0.15) is 17.0 Å². The molecule has 3 aromatic rings. The van der Waals surface area contributed by atoms with Gasteiger partial charge in [-0.05, 0) is 44.0 Å². The molecule has 0 radical (unpaired) electrons. The molecule has 2 heterocycles. The Hall–Kier alpha value is -2.97. The molecule has 1 fully saturated rings. The van der Waals surface area contributed by atoms with E-state index in [0.717, 1.165) is 18.9 Å². The van der Waals surface area contributed by atoms with Gasteiger partial charge in [0.15, 0.2) is 11.5 Å². The number of benzene rings is 1. The number of halogens is 3. The molecule has 0 saturated heterocycles. The smallest absolute Gasteiger partial charge is 0.433 e. The van der Waals surface area contributed by atoms with E-state index in [9.17, 15) is 18.0 Å². The lowest BCUT2D eigenvalue weighted by atomic mass is 10.2. The van der Waals surface area contributed by atoms with Crippen molar-refractivity contribution >= 4 is 17.0 Å². The Kier molecular flexibility index (Phi) is 4.52. The van der Waals surface area contributed by atoms with Crippen molar-refractivity contribution in [3.8, 4) is 0 Å². The highest BCUT2D eigenvalue weighted by Crippen LogP contribution is 2.40. The molecule has 1 N–H and O–H groups in total. The van der Waals surface area contributed by atoms with Gasteiger partial charge in [0, 0.05) is 30.1 Å². The van der Waals surface area contributed by atoms with Crippen LogP contribution in [0.15, 0.2) is 28.7 Å². The Labute approximate surface area is 158 Å². The average Bonchev–Trinajstić information content (AvgIpc) is 3.39. The first-order valence-electron chi connectivity index (χ1n) is 8.90. The van der Waals surface area contributed by atoms with Crippen molar-refractivity contribution in [1.29, 1.82) is 0 Å². The first-order valence-corrected chi connectivity index (χ1v) is 8.90. The maximum Gasteiger partial charge on any atom is 0.433 e. The lowest BCUT2D eigenvalue weighted by Gasteiger charge is -2.09. The SMILES string of the molecule is Cc1cc(C(F)(F)F)nc(CCNC(=O)c2ccc3nc(C4CC4)oc3c2)n1. The van der Waals surface area contributed by atoms with Gasteiger partial charge in [-0.1, -0.05) is 0 Å². The van der Waals surface area contributed by atoms with Crippen LogP contribution in [-0.4, -0.2) is 27.4 Å². The first kappa shape index (κ1) is 18.4. The van der Waals surface area contributed by atoms with Crippen molar-refractivity contribution in [1.82, 2.24) is 20.3 Å². The van der Waals surface area contributed by atoms with Gasteiger partial charge < -0.3 is 9.73 Å². The minimum Gasteiger partial charge on any atom is -0.440 e. The highest BCUT2D eigenvalue weighted by molar-refractivity contribution is 5.97. The van der Waals surface area contributed by atoms with Crippen LogP contribution in [0.4, 0.5) is 13.2 Å². The number of hydrogen-bond donors (Lipinski definition) is 1. The van der Waals surface area contributed by atoms with E-state index in [4.69, 9.17) is 4.42 Å². The number of fused-ring (bicyclic) bond motifs is 1. The summed E-state index contributed by atoms with van der Waals surface area (Å²) >= 11 is 0. The largest absolute Gasteiger partial charge is 0.440 e. The molecule has 9 heteroatoms. The average molecular weight is 390 g/mol. The second kappa shape index (κ2) is 6.88. The zero-order valence-corrected chi connectivity index (χ0v) is 15.0. The molecule has 28 heavy (non-hydrogen) atoms. The van der Waals surface area contributed by atoms with E-state index in [-0.39, 0.29) is 30.4 Å². The molecule has 0 aliphatic heterocycles. The first-order chi connectivity index (χ1) is 13.3. The molecule has 0 bridgehead atoms. The third-order valence-corrected chi connectivity index (χ3v) is 4.42. The molecule has 0 unspecified atom stereocenters. The Bertz CT molecular complexity index is 1040. The van der Waals surface area contributed by atoms with Crippen LogP contribution < -0.4 is 5.32 Å². The second-order valence-electron chi connectivity index (χ2n) is 6.82. The molecular weight excluding hydrogens is 373 g/mol. The summed E-state index contributed by atoms with van der Waals surface area (Å²) in [6, 6.07) is 5.87. The normalized spacial score (nSPS) is 14.4. The Morgan fingerprint density at radius 1 is 1.21 bits per heavy atom. The standard InChI is InChI=1S/C19H17F3N4O2/c1-10-8-15(19(20,21)22)26-16(24-10)6-7-23-17(27)12-4-5-13-14(9-12)28-18(25-13)11-2-3-11/h4-5,8-9,11H,2-3,6-7H2,1H3,(H,23,27). The van der Waals surface area contributed by atoms with Crippen LogP contribution in [0.2, 0.25) is 0 Å². The molecule has 1 aromatic carbocycles. The molecular formula is C19H17F3N4O2. The van der Waals surface area contributed by atoms with E-state index in [0.29, 0.717) is 28.5 Å². The van der Waals surface area contributed by atoms with Crippen LogP contribution in [0, 0.1) is 6.92 Å². The number of aromatic nitrogens is 3. The van der Waals surface area contributed by atoms with E-state index in [1.165, 1.54) is 6.92 Å². The van der Waals surface area contributed by atoms with Gasteiger partial charge in [0.25, 0.3) is 5.91 Å². The number of nitrogens with one attached hydrogen (secondary N) is 1. The van der Waals surface area contributed by atoms with E-state index >= 15 is 0 Å². The molecule has 1 saturated carbocycles. The number of amides is 1. The fourth-order valence-electron chi connectivity index (χ4n) is 2.87. The van der Waals surface area contributed by atoms with Crippen molar-refractivity contribution < 1.29 is 22.4 Å². The van der Waals surface area contributed by atoms with Crippen molar-refractivity contribution in [3.05, 3.63) is 52.9 Å². The second-order valence-corrected chi connectivity index (χ2v) is 6.82. The summed E-state index contributed by atoms with van der Waals surface area (Å²) in [6.07, 6.45) is -2.31. The maximum absolute atomic E-state index is 12.8. The van der Waals surface area contributed by atoms with Gasteiger partial charge in [0.05, 0.1) is 0 Å². The number of rotatable bonds is 5. The number of hydrogen-bond acceptors (Lipinski definition) is 5. The quantitative estimate of drug-likeness (QED) is 0.717. The maximum atomic E-state index is 12.8. The van der Waals surface area contributed by atoms with Crippen molar-refractivity contribution in [2.24, 2.45) is 0 Å². The molecule has 1 aliphatic rings. The van der Waals surface area contributed by atoms with Crippen molar-refractivity contribution in [2.75, 3.05) is 6.54 Å². The van der Waals surface area contributed by atoms with Gasteiger partial charge in [-0.25, -0.2) is 15.0 Å². The van der Waals surface area contributed by atoms with E-state index < -0.39 is 11.9 Å². The zero-order valence-electron chi connectivity index (χ0n) is 15.0. The molecule has 0 atom stereocenters. The highest BCUT2D eigenvalue weighted by atomic mass is 19.4. The Morgan fingerprint density at radius 3 is 2.71 bits per heavy atom. The summed E-state index contributed by atoms with van der Waals surface area (Å²) in [5, 5.41) is 2.67. The van der Waals surface area contributed by atoms with Crippen LogP contribution >= 0.6 is 0 Å². The third kappa shape index (κ3) is 3.97. The summed E-state index contributed by atoms with van der Waals surface area (Å²) in [7, 11) is 0. The Morgan fingerprint density at radius 2 is 2.00 bits per heavy atom. The molecule has 146 valence electrons. The summed E-state index contributed by atoms with van der Waals surface area (Å²) in [5.74, 6) is 0.757. The highest BCUT2D eigenvalue weighted by Gasteiger charge is 2.33. The van der Waals surface area contributed by atoms with Crippen molar-refractivity contribution in [3.63, 3.8) is 0 Å². The number of nitrogens with zero attached hydrogens (tertiary/aromatic N) is 3. The molecule has 2 aromatic heterocycles. The lowest BCUT2D eigenvalue weighted by Crippen LogP contribution is -2.26. The fourth-order valence-corrected chi connectivity index (χ4v) is 2.87. The topological polar surface area (TPSA) is 80.9 Å². The molecule has 0 spiro atoms. The monoisotopic (exact) mass is 390 g/mol. The van der Waals surface area contributed by atoms with Crippen LogP contribution in [0.25, 0.3) is 11.1 Å². The zero-order chi connectivity index (χ0) is 19.9. The molecule has 1 amide bonds. The number of carbonyl (C=O) groups excluding carboxylic acids is 1. The van der Waals surface area contributed by atoms with Crippen LogP contribution in [-0.2, 0) is 12.6 Å². The summed E-state index contributed by atoms with van der Waals surface area (Å²) in [4.78, 5) is 24.3. The number of alkyl halides is 3. The van der Waals surface area contributed by atoms with Crippen molar-refractivity contribution in [2.45, 2.75) is 38.3 Å². The minimum absolute atomic E-state index is 0.0346. The van der Waals surface area contributed by atoms with Crippen LogP contribution in [0.3, 0.4) is 0 Å². The summed E-state index contributed by atoms with van der Waals surface area (Å²) < 4.78 is 44.2. The summed E-state index contributed by atoms with van der Waals surface area (Å²) in [6.45, 7) is 1.59. The van der Waals surface area contributed by atoms with E-state index in [2.05, 4.69) is 20.3 Å². The van der Waals surface area contributed by atoms with Crippen LogP contribution in [0.1, 0.15) is 52.2 Å². The van der Waals surface area contributed by atoms with Gasteiger partial charge in [0.2, 0.25) is 0 Å². The van der Waals surface area contributed by atoms with Gasteiger partial charge in [-0.15, -0.1) is 0 Å². The number of aryl methyl sites for hydroxylation is 1. The minimum atomic E-state index is -4.53. The third-order valence-electron chi connectivity index (χ3n) is 4.42. The van der Waals surface area contributed by atoms with Gasteiger partial charge in [-0.2, -0.15) is 13.2 Å². The molecule has 6 nitrogen and oxygen atoms in total. The number of carbonyl (C=O) groups is 1. The van der Waals surface area contributed by atoms with Gasteiger partial charge >= 0.3 is 6.18 Å². The van der Waals surface area contributed by atoms with E-state index in [1.54, 1.807) is 18.2 Å². The predicted octanol–water partition coefficient (Wildman–Crippen LogP) is 3.79. The fraction of sp³-hybridized carbons (Fsp3) is 0.368. The lowest BCUT2D eigenvalue weighted by molar-refractivity contribution is -0.141. The predicted molar refractivity (Wildman–Crippen MR) is 93.8 cm³/mol. The van der Waals surface area contributed by atoms with Crippen LogP contribution in [0.5, 0.6) is 0 Å². The van der Waals surface area contributed by atoms with Gasteiger partial charge in [-0.3, -0.25) is 4.79 Å². The molecule has 4 rings (SSSR count). The Balaban J connectivity index is 1.40. The molecule has 1 aliphatic carbocycles.